The van der Waals surface area contributed by atoms with Gasteiger partial charge in [0.25, 0.3) is 23.6 Å². The highest BCUT2D eigenvalue weighted by molar-refractivity contribution is 9.10. The minimum absolute atomic E-state index is 0.0336. The van der Waals surface area contributed by atoms with Gasteiger partial charge in [-0.05, 0) is 102 Å². The van der Waals surface area contributed by atoms with Crippen molar-refractivity contribution in [2.75, 3.05) is 13.2 Å². The van der Waals surface area contributed by atoms with E-state index in [1.54, 1.807) is 12.1 Å². The van der Waals surface area contributed by atoms with E-state index >= 15 is 0 Å². The third-order valence-corrected chi connectivity index (χ3v) is 7.59. The predicted molar refractivity (Wildman–Crippen MR) is 174 cm³/mol. The quantitative estimate of drug-likeness (QED) is 0.227. The van der Waals surface area contributed by atoms with E-state index in [0.29, 0.717) is 20.4 Å². The molecule has 44 heavy (non-hydrogen) atoms. The summed E-state index contributed by atoms with van der Waals surface area (Å²) in [6, 6.07) is 16.9. The second-order valence-corrected chi connectivity index (χ2v) is 13.7. The number of halogens is 2. The lowest BCUT2D eigenvalue weighted by Gasteiger charge is -2.20. The fourth-order valence-corrected chi connectivity index (χ4v) is 4.68. The van der Waals surface area contributed by atoms with Crippen LogP contribution in [0.4, 0.5) is 0 Å². The van der Waals surface area contributed by atoms with Crippen LogP contribution >= 0.6 is 31.9 Å². The van der Waals surface area contributed by atoms with E-state index in [0.717, 1.165) is 11.1 Å². The highest BCUT2D eigenvalue weighted by Crippen LogP contribution is 2.32. The summed E-state index contributed by atoms with van der Waals surface area (Å²) in [7, 11) is 0. The van der Waals surface area contributed by atoms with Gasteiger partial charge >= 0.3 is 0 Å². The van der Waals surface area contributed by atoms with Gasteiger partial charge in [-0.2, -0.15) is 0 Å². The van der Waals surface area contributed by atoms with Gasteiger partial charge in [0.05, 0.1) is 8.95 Å². The van der Waals surface area contributed by atoms with E-state index in [2.05, 4.69) is 95.1 Å². The first kappa shape index (κ1) is 34.6. The summed E-state index contributed by atoms with van der Waals surface area (Å²) in [6.07, 6.45) is 0. The Morgan fingerprint density at radius 1 is 0.568 bits per heavy atom. The van der Waals surface area contributed by atoms with Crippen LogP contribution in [-0.4, -0.2) is 36.8 Å². The third kappa shape index (κ3) is 10.1. The number of ether oxygens (including phenoxy) is 2. The fourth-order valence-electron chi connectivity index (χ4n) is 3.70. The van der Waals surface area contributed by atoms with Gasteiger partial charge in [-0.3, -0.25) is 40.9 Å². The Kier molecular flexibility index (Phi) is 11.6. The summed E-state index contributed by atoms with van der Waals surface area (Å²) in [6.45, 7) is 11.9. The minimum atomic E-state index is -0.590. The smallest absolute Gasteiger partial charge is 0.276 e. The van der Waals surface area contributed by atoms with Crippen LogP contribution in [0.1, 0.15) is 73.4 Å². The van der Waals surface area contributed by atoms with Gasteiger partial charge in [0.2, 0.25) is 0 Å². The summed E-state index contributed by atoms with van der Waals surface area (Å²) in [5, 5.41) is 0. The number of carbonyl (C=O) groups excluding carboxylic acids is 4. The lowest BCUT2D eigenvalue weighted by atomic mass is 9.87. The highest BCUT2D eigenvalue weighted by Gasteiger charge is 2.18. The molecule has 0 aromatic heterocycles. The zero-order valence-electron chi connectivity index (χ0n) is 25.4. The Morgan fingerprint density at radius 2 is 0.909 bits per heavy atom. The molecule has 0 aliphatic carbocycles. The maximum atomic E-state index is 12.4. The summed E-state index contributed by atoms with van der Waals surface area (Å²) in [4.78, 5) is 49.2. The number of hydrogen-bond acceptors (Lipinski definition) is 6. The molecule has 0 saturated carbocycles. The first-order valence-corrected chi connectivity index (χ1v) is 15.3. The zero-order chi connectivity index (χ0) is 32.7. The molecule has 0 fully saturated rings. The van der Waals surface area contributed by atoms with Crippen molar-refractivity contribution in [3.63, 3.8) is 0 Å². The molecule has 10 nitrogen and oxygen atoms in total. The SMILES string of the molecule is CC(C)(C)c1ccc(OCC(=O)NNC(=O)c2ccc(C(=O)NNC(=O)COc3ccc(C(C)(C)C)cc3Br)cc2)c(Br)c1. The van der Waals surface area contributed by atoms with E-state index in [9.17, 15) is 19.2 Å². The van der Waals surface area contributed by atoms with Crippen LogP contribution in [0.5, 0.6) is 11.5 Å². The van der Waals surface area contributed by atoms with Crippen molar-refractivity contribution in [2.24, 2.45) is 0 Å². The zero-order valence-corrected chi connectivity index (χ0v) is 28.6. The summed E-state index contributed by atoms with van der Waals surface area (Å²) in [5.74, 6) is -1.31. The van der Waals surface area contributed by atoms with Crippen LogP contribution < -0.4 is 31.2 Å². The minimum Gasteiger partial charge on any atom is -0.483 e. The van der Waals surface area contributed by atoms with Crippen molar-refractivity contribution < 1.29 is 28.7 Å². The number of benzene rings is 3. The Labute approximate surface area is 273 Å². The van der Waals surface area contributed by atoms with Crippen molar-refractivity contribution in [2.45, 2.75) is 52.4 Å². The molecule has 3 rings (SSSR count). The Balaban J connectivity index is 1.41. The molecule has 0 aliphatic heterocycles. The summed E-state index contributed by atoms with van der Waals surface area (Å²) in [5.41, 5.74) is 11.7. The summed E-state index contributed by atoms with van der Waals surface area (Å²) >= 11 is 6.91. The van der Waals surface area contributed by atoms with E-state index < -0.39 is 23.6 Å². The number of hydrazine groups is 2. The number of amides is 4. The molecule has 0 radical (unpaired) electrons. The standard InChI is InChI=1S/C32H36Br2N4O6/c1-31(2,3)21-11-13-25(23(33)15-21)43-17-27(39)35-37-29(41)19-7-9-20(10-8-19)30(42)38-36-28(40)18-44-26-14-12-22(16-24(26)34)32(4,5)6/h7-16H,17-18H2,1-6H3,(H,35,39)(H,36,40)(H,37,41)(H,38,42). The van der Waals surface area contributed by atoms with Crippen LogP contribution in [0.15, 0.2) is 69.6 Å². The molecule has 0 saturated heterocycles. The van der Waals surface area contributed by atoms with Crippen LogP contribution in [0.25, 0.3) is 0 Å². The highest BCUT2D eigenvalue weighted by atomic mass is 79.9. The molecule has 3 aromatic carbocycles. The van der Waals surface area contributed by atoms with Crippen molar-refractivity contribution in [3.8, 4) is 11.5 Å². The summed E-state index contributed by atoms with van der Waals surface area (Å²) < 4.78 is 12.5. The number of carbonyl (C=O) groups is 4. The lowest BCUT2D eigenvalue weighted by Crippen LogP contribution is -2.44. The first-order valence-electron chi connectivity index (χ1n) is 13.7. The number of nitrogens with one attached hydrogen (secondary N) is 4. The average Bonchev–Trinajstić information content (AvgIpc) is 2.96. The van der Waals surface area contributed by atoms with Gasteiger partial charge in [0, 0.05) is 11.1 Å². The van der Waals surface area contributed by atoms with Gasteiger partial charge in [0.1, 0.15) is 11.5 Å². The molecule has 0 aliphatic rings. The first-order chi connectivity index (χ1) is 20.5. The molecular formula is C32H36Br2N4O6. The Bertz CT molecular complexity index is 1410. The maximum Gasteiger partial charge on any atom is 0.276 e. The second-order valence-electron chi connectivity index (χ2n) is 11.9. The van der Waals surface area contributed by atoms with Gasteiger partial charge < -0.3 is 9.47 Å². The Hall–Kier alpha value is -3.90. The van der Waals surface area contributed by atoms with E-state index in [4.69, 9.17) is 9.47 Å². The van der Waals surface area contributed by atoms with Crippen LogP contribution in [0.3, 0.4) is 0 Å². The molecule has 0 heterocycles. The normalized spacial score (nSPS) is 11.3. The van der Waals surface area contributed by atoms with Crippen LogP contribution in [0.2, 0.25) is 0 Å². The predicted octanol–water partition coefficient (Wildman–Crippen LogP) is 5.49. The van der Waals surface area contributed by atoms with Crippen molar-refractivity contribution >= 4 is 55.5 Å². The van der Waals surface area contributed by atoms with E-state index in [1.165, 1.54) is 24.3 Å². The van der Waals surface area contributed by atoms with Crippen LogP contribution in [0, 0.1) is 0 Å². The lowest BCUT2D eigenvalue weighted by molar-refractivity contribution is -0.124. The second kappa shape index (κ2) is 14.7. The number of hydrogen-bond donors (Lipinski definition) is 4. The molecule has 0 atom stereocenters. The van der Waals surface area contributed by atoms with Crippen LogP contribution in [-0.2, 0) is 20.4 Å². The molecule has 0 spiro atoms. The topological polar surface area (TPSA) is 135 Å². The van der Waals surface area contributed by atoms with Crippen molar-refractivity contribution in [3.05, 3.63) is 91.9 Å². The molecule has 12 heteroatoms. The van der Waals surface area contributed by atoms with Gasteiger partial charge in [0.15, 0.2) is 13.2 Å². The van der Waals surface area contributed by atoms with E-state index in [1.807, 2.05) is 24.3 Å². The van der Waals surface area contributed by atoms with Gasteiger partial charge in [-0.1, -0.05) is 53.7 Å². The van der Waals surface area contributed by atoms with Crippen molar-refractivity contribution in [1.29, 1.82) is 0 Å². The average molecular weight is 732 g/mol. The maximum absolute atomic E-state index is 12.4. The molecule has 234 valence electrons. The molecular weight excluding hydrogens is 696 g/mol. The molecule has 4 amide bonds. The molecule has 0 unspecified atom stereocenters. The third-order valence-electron chi connectivity index (χ3n) is 6.35. The number of rotatable bonds is 8. The fraction of sp³-hybridized carbons (Fsp3) is 0.312. The monoisotopic (exact) mass is 730 g/mol. The largest absolute Gasteiger partial charge is 0.483 e. The van der Waals surface area contributed by atoms with Gasteiger partial charge in [-0.15, -0.1) is 0 Å². The Morgan fingerprint density at radius 3 is 1.20 bits per heavy atom. The molecule has 4 N–H and O–H groups in total. The van der Waals surface area contributed by atoms with Gasteiger partial charge in [-0.25, -0.2) is 0 Å². The van der Waals surface area contributed by atoms with Crippen molar-refractivity contribution in [1.82, 2.24) is 21.7 Å². The molecule has 3 aromatic rings. The molecule has 0 bridgehead atoms. The van der Waals surface area contributed by atoms with E-state index in [-0.39, 0.29) is 35.2 Å².